The Kier molecular flexibility index (Phi) is 22.3. The first-order valence-corrected chi connectivity index (χ1v) is 23.3. The molecule has 4 rings (SSSR count). The molecule has 0 spiro atoms. The van der Waals surface area contributed by atoms with Crippen molar-refractivity contribution in [3.8, 4) is 11.1 Å². The highest BCUT2D eigenvalue weighted by Crippen LogP contribution is 2.23. The number of allylic oxidation sites excluding steroid dienone is 5. The summed E-state index contributed by atoms with van der Waals surface area (Å²) in [6, 6.07) is 24.7. The summed E-state index contributed by atoms with van der Waals surface area (Å²) in [5, 5.41) is 21.0. The zero-order valence-corrected chi connectivity index (χ0v) is 39.7. The zero-order chi connectivity index (χ0) is 48.7. The summed E-state index contributed by atoms with van der Waals surface area (Å²) < 4.78 is 6.14. The van der Waals surface area contributed by atoms with Crippen LogP contribution in [0, 0.1) is 17.8 Å². The number of hydrazine groups is 1. The summed E-state index contributed by atoms with van der Waals surface area (Å²) in [4.78, 5) is 77.4. The van der Waals surface area contributed by atoms with Gasteiger partial charge in [-0.3, -0.25) is 24.2 Å². The quantitative estimate of drug-likeness (QED) is 0.0251. The van der Waals surface area contributed by atoms with Gasteiger partial charge < -0.3 is 35.4 Å². The van der Waals surface area contributed by atoms with Gasteiger partial charge in [0.05, 0.1) is 12.1 Å². The lowest BCUT2D eigenvalue weighted by molar-refractivity contribution is -0.156. The van der Waals surface area contributed by atoms with Gasteiger partial charge >= 0.3 is 5.97 Å². The van der Waals surface area contributed by atoms with Crippen LogP contribution in [0.25, 0.3) is 11.1 Å². The number of ketones is 1. The van der Waals surface area contributed by atoms with E-state index < -0.39 is 42.2 Å². The number of amides is 3. The van der Waals surface area contributed by atoms with Crippen LogP contribution < -0.4 is 21.4 Å². The third kappa shape index (κ3) is 17.8. The lowest BCUT2D eigenvalue weighted by Gasteiger charge is -2.36. The first-order chi connectivity index (χ1) is 32.2. The minimum absolute atomic E-state index is 0.0211. The van der Waals surface area contributed by atoms with Crippen LogP contribution in [-0.2, 0) is 39.9 Å². The molecule has 13 heteroatoms. The second-order valence-corrected chi connectivity index (χ2v) is 17.5. The molecule has 358 valence electrons. The molecule has 1 aliphatic rings. The Labute approximate surface area is 396 Å². The van der Waals surface area contributed by atoms with Crippen molar-refractivity contribution in [2.24, 2.45) is 17.8 Å². The molecular formula is C54H69N5O8. The molecule has 0 aliphatic carbocycles. The average molecular weight is 916 g/mol. The normalized spacial score (nSPS) is 17.2. The molecule has 0 aromatic heterocycles. The number of nitrogens with zero attached hydrogens (tertiary/aromatic N) is 1. The number of nitrogens with one attached hydrogen (secondary N) is 4. The number of aldehydes is 1. The van der Waals surface area contributed by atoms with E-state index in [0.717, 1.165) is 16.7 Å². The first kappa shape index (κ1) is 53.3. The van der Waals surface area contributed by atoms with E-state index >= 15 is 0 Å². The highest BCUT2D eigenvalue weighted by atomic mass is 16.5. The van der Waals surface area contributed by atoms with Gasteiger partial charge in [0.15, 0.2) is 0 Å². The van der Waals surface area contributed by atoms with Crippen molar-refractivity contribution in [3.63, 3.8) is 0 Å². The Balaban J connectivity index is 1.46. The number of likely N-dealkylation sites (N-methyl/N-ethyl adjacent to an activating group) is 1. The van der Waals surface area contributed by atoms with E-state index in [1.54, 1.807) is 26.1 Å². The van der Waals surface area contributed by atoms with Gasteiger partial charge in [0.1, 0.15) is 30.3 Å². The minimum Gasteiger partial charge on any atom is -0.456 e. The summed E-state index contributed by atoms with van der Waals surface area (Å²) >= 11 is 0. The maximum Gasteiger partial charge on any atom is 0.325 e. The third-order valence-electron chi connectivity index (χ3n) is 11.8. The fourth-order valence-corrected chi connectivity index (χ4v) is 7.79. The van der Waals surface area contributed by atoms with Crippen LogP contribution in [0.2, 0.25) is 0 Å². The molecule has 7 atom stereocenters. The van der Waals surface area contributed by atoms with Crippen molar-refractivity contribution in [2.45, 2.75) is 110 Å². The molecule has 0 radical (unpaired) electrons. The average Bonchev–Trinajstić information content (AvgIpc) is 3.32. The number of aliphatic hydroxyl groups is 1. The van der Waals surface area contributed by atoms with E-state index in [1.807, 2.05) is 130 Å². The molecule has 6 unspecified atom stereocenters. The molecule has 3 amide bonds. The number of hydrogen-bond acceptors (Lipinski definition) is 10. The Morgan fingerprint density at radius 3 is 2.13 bits per heavy atom. The maximum atomic E-state index is 14.2. The summed E-state index contributed by atoms with van der Waals surface area (Å²) in [5.74, 6) is -2.47. The number of carbonyl (C=O) groups excluding carboxylic acids is 6. The molecule has 0 bridgehead atoms. The number of aliphatic hydroxyl groups excluding tert-OH is 1. The molecule has 5 N–H and O–H groups in total. The summed E-state index contributed by atoms with van der Waals surface area (Å²) in [6.07, 6.45) is 13.7. The maximum absolute atomic E-state index is 14.2. The lowest BCUT2D eigenvalue weighted by Crippen LogP contribution is -2.61. The number of ether oxygens (including phenoxy) is 1. The van der Waals surface area contributed by atoms with Gasteiger partial charge in [-0.05, 0) is 92.8 Å². The highest BCUT2D eigenvalue weighted by Gasteiger charge is 2.35. The summed E-state index contributed by atoms with van der Waals surface area (Å²) in [5.41, 5.74) is 7.37. The van der Waals surface area contributed by atoms with Crippen molar-refractivity contribution < 1.29 is 38.6 Å². The van der Waals surface area contributed by atoms with Gasteiger partial charge in [0, 0.05) is 43.5 Å². The minimum atomic E-state index is -0.898. The van der Waals surface area contributed by atoms with Crippen LogP contribution in [0.3, 0.4) is 0 Å². The number of benzene rings is 3. The second-order valence-electron chi connectivity index (χ2n) is 17.5. The van der Waals surface area contributed by atoms with E-state index in [0.29, 0.717) is 49.8 Å². The van der Waals surface area contributed by atoms with Gasteiger partial charge in [-0.2, -0.15) is 0 Å². The molecule has 3 aromatic rings. The monoisotopic (exact) mass is 916 g/mol. The Bertz CT molecular complexity index is 2190. The standard InChI is InChI=1S/C54H69N5O8/c1-37(2)50(55-6)52(64)57-47(35-41-21-12-9-13-22-41)53(65)59-34-18-25-46(58-59)54(66)67-48(26-16-8-7-11-19-39(4)51(63)44(36-60)29-28-40(5)61)38(3)20-17-27-49(62)56-45-32-30-43(31-33-45)42-23-14-10-15-24-42/h7-17,20-24,27,30-33,36-37,39,44,46-48,50-51,55,58,63H,18-19,25-26,28-29,34-35H2,1-6H3,(H,56,62)(H,57,64)/b11-7+,16-8+,27-17+,38-20+/t39?,44?,46?,47?,48-,50?,51?/m0/s1. The van der Waals surface area contributed by atoms with Crippen LogP contribution in [0.15, 0.2) is 133 Å². The smallest absolute Gasteiger partial charge is 0.325 e. The molecule has 1 aliphatic heterocycles. The Hall–Kier alpha value is -6.28. The molecule has 1 fully saturated rings. The molecule has 13 nitrogen and oxygen atoms in total. The fourth-order valence-electron chi connectivity index (χ4n) is 7.79. The first-order valence-electron chi connectivity index (χ1n) is 23.3. The van der Waals surface area contributed by atoms with Crippen molar-refractivity contribution in [1.82, 2.24) is 21.1 Å². The predicted molar refractivity (Wildman–Crippen MR) is 263 cm³/mol. The van der Waals surface area contributed by atoms with Crippen molar-refractivity contribution in [1.29, 1.82) is 0 Å². The van der Waals surface area contributed by atoms with Gasteiger partial charge in [-0.1, -0.05) is 130 Å². The number of anilines is 1. The van der Waals surface area contributed by atoms with Gasteiger partial charge in [0.25, 0.3) is 5.91 Å². The topological polar surface area (TPSA) is 183 Å². The summed E-state index contributed by atoms with van der Waals surface area (Å²) in [6.45, 7) is 9.30. The van der Waals surface area contributed by atoms with Crippen molar-refractivity contribution >= 4 is 41.4 Å². The van der Waals surface area contributed by atoms with Crippen molar-refractivity contribution in [3.05, 3.63) is 139 Å². The van der Waals surface area contributed by atoms with Crippen LogP contribution in [0.5, 0.6) is 0 Å². The number of carbonyl (C=O) groups is 6. The SMILES string of the molecule is CNC(C(=O)NC(Cc1ccccc1)C(=O)N1CCCC(C(=O)O[C@@H](C/C=C/C=C/CC(C)C(O)C(C=O)CCC(C)=O)/C(C)=C/C=C/C(=O)Nc2ccc(-c3ccccc3)cc2)N1)C(C)C. The molecular weight excluding hydrogens is 847 g/mol. The fraction of sp³-hybridized carbons (Fsp3) is 0.407. The highest BCUT2D eigenvalue weighted by molar-refractivity contribution is 5.99. The molecule has 1 saturated heterocycles. The van der Waals surface area contributed by atoms with E-state index in [4.69, 9.17) is 4.74 Å². The Morgan fingerprint density at radius 2 is 1.51 bits per heavy atom. The van der Waals surface area contributed by atoms with Crippen LogP contribution in [-0.4, -0.2) is 89.8 Å². The Morgan fingerprint density at radius 1 is 0.866 bits per heavy atom. The lowest BCUT2D eigenvalue weighted by atomic mass is 9.87. The van der Waals surface area contributed by atoms with Crippen LogP contribution in [0.1, 0.15) is 78.7 Å². The van der Waals surface area contributed by atoms with Gasteiger partial charge in [-0.25, -0.2) is 5.43 Å². The predicted octanol–water partition coefficient (Wildman–Crippen LogP) is 7.25. The van der Waals surface area contributed by atoms with Crippen molar-refractivity contribution in [2.75, 3.05) is 18.9 Å². The molecule has 1 heterocycles. The number of hydrogen-bond donors (Lipinski definition) is 5. The molecule has 0 saturated carbocycles. The van der Waals surface area contributed by atoms with Crippen LogP contribution in [0.4, 0.5) is 5.69 Å². The van der Waals surface area contributed by atoms with E-state index in [1.165, 1.54) is 18.0 Å². The number of Topliss-reactive ketones (excluding diaryl/α,β-unsaturated/α-hetero) is 1. The zero-order valence-electron chi connectivity index (χ0n) is 39.7. The van der Waals surface area contributed by atoms with Gasteiger partial charge in [0.2, 0.25) is 11.8 Å². The van der Waals surface area contributed by atoms with E-state index in [-0.39, 0.29) is 54.6 Å². The van der Waals surface area contributed by atoms with Crippen LogP contribution >= 0.6 is 0 Å². The third-order valence-corrected chi connectivity index (χ3v) is 11.8. The number of rotatable bonds is 25. The van der Waals surface area contributed by atoms with E-state index in [9.17, 15) is 33.9 Å². The van der Waals surface area contributed by atoms with E-state index in [2.05, 4.69) is 21.4 Å². The number of esters is 1. The van der Waals surface area contributed by atoms with Gasteiger partial charge in [-0.15, -0.1) is 0 Å². The molecule has 3 aromatic carbocycles. The molecule has 67 heavy (non-hydrogen) atoms. The second kappa shape index (κ2) is 28.0. The summed E-state index contributed by atoms with van der Waals surface area (Å²) in [7, 11) is 1.71. The largest absolute Gasteiger partial charge is 0.456 e.